The molecule has 4 heteroatoms. The second-order valence-electron chi connectivity index (χ2n) is 5.26. The van der Waals surface area contributed by atoms with E-state index in [1.54, 1.807) is 0 Å². The fourth-order valence-corrected chi connectivity index (χ4v) is 2.40. The fourth-order valence-electron chi connectivity index (χ4n) is 2.40. The van der Waals surface area contributed by atoms with Gasteiger partial charge in [0.15, 0.2) is 5.75 Å². The van der Waals surface area contributed by atoms with Gasteiger partial charge in [-0.2, -0.15) is 5.10 Å². The number of nitrogens with zero attached hydrogens (tertiary/aromatic N) is 2. The minimum Gasteiger partial charge on any atom is -0.490 e. The number of unbranched alkanes of at least 4 members (excludes halogenated alkanes) is 3. The Bertz CT molecular complexity index is 411. The molecule has 1 aliphatic rings. The lowest BCUT2D eigenvalue weighted by Crippen LogP contribution is -2.25. The Morgan fingerprint density at radius 2 is 2.26 bits per heavy atom. The Hall–Kier alpha value is -1.29. The van der Waals surface area contributed by atoms with Gasteiger partial charge in [0.25, 0.3) is 0 Å². The molecule has 0 saturated heterocycles. The predicted octanol–water partition coefficient (Wildman–Crippen LogP) is 3.09. The number of H-pyrrole nitrogens is 1. The summed E-state index contributed by atoms with van der Waals surface area (Å²) in [6.45, 7) is 5.09. The van der Waals surface area contributed by atoms with Crippen LogP contribution in [0.1, 0.15) is 44.7 Å². The van der Waals surface area contributed by atoms with E-state index >= 15 is 0 Å². The second-order valence-corrected chi connectivity index (χ2v) is 5.26. The molecule has 2 rings (SSSR count). The Balaban J connectivity index is 1.88. The summed E-state index contributed by atoms with van der Waals surface area (Å²) in [5.74, 6) is 0.901. The predicted molar refractivity (Wildman–Crippen MR) is 78.3 cm³/mol. The maximum absolute atomic E-state index is 5.86. The summed E-state index contributed by atoms with van der Waals surface area (Å²) in [6.07, 6.45) is 10.2. The van der Waals surface area contributed by atoms with Gasteiger partial charge in [-0.3, -0.25) is 5.10 Å². The van der Waals surface area contributed by atoms with Gasteiger partial charge in [-0.1, -0.05) is 32.3 Å². The van der Waals surface area contributed by atoms with Gasteiger partial charge < -0.3 is 9.64 Å². The molecule has 0 fully saturated rings. The van der Waals surface area contributed by atoms with Crippen molar-refractivity contribution in [3.63, 3.8) is 0 Å². The maximum atomic E-state index is 5.86. The van der Waals surface area contributed by atoms with Crippen LogP contribution in [-0.4, -0.2) is 41.8 Å². The average molecular weight is 263 g/mol. The van der Waals surface area contributed by atoms with Crippen molar-refractivity contribution in [3.8, 4) is 5.75 Å². The van der Waals surface area contributed by atoms with Gasteiger partial charge in [0.05, 0.1) is 12.8 Å². The van der Waals surface area contributed by atoms with Crippen molar-refractivity contribution in [2.24, 2.45) is 0 Å². The van der Waals surface area contributed by atoms with E-state index in [0.29, 0.717) is 0 Å². The SMILES string of the molecule is CCCCCCOc1c[nH]nc1C1=CCCN(C)C1. The molecule has 0 aromatic carbocycles. The number of hydrogen-bond donors (Lipinski definition) is 1. The zero-order valence-corrected chi connectivity index (χ0v) is 12.1. The lowest BCUT2D eigenvalue weighted by molar-refractivity contribution is 0.303. The van der Waals surface area contributed by atoms with Gasteiger partial charge in [-0.25, -0.2) is 0 Å². The van der Waals surface area contributed by atoms with Crippen LogP contribution in [0.4, 0.5) is 0 Å². The van der Waals surface area contributed by atoms with Crippen LogP contribution in [0, 0.1) is 0 Å². The molecule has 0 radical (unpaired) electrons. The number of ether oxygens (including phenoxy) is 1. The smallest absolute Gasteiger partial charge is 0.164 e. The van der Waals surface area contributed by atoms with Gasteiger partial charge in [0.1, 0.15) is 5.69 Å². The third-order valence-corrected chi connectivity index (χ3v) is 3.51. The zero-order valence-electron chi connectivity index (χ0n) is 12.1. The zero-order chi connectivity index (χ0) is 13.5. The quantitative estimate of drug-likeness (QED) is 0.769. The van der Waals surface area contributed by atoms with Crippen LogP contribution in [-0.2, 0) is 0 Å². The Kier molecular flexibility index (Phi) is 5.45. The van der Waals surface area contributed by atoms with E-state index in [1.807, 2.05) is 6.20 Å². The van der Waals surface area contributed by atoms with Crippen LogP contribution in [0.25, 0.3) is 5.57 Å². The Morgan fingerprint density at radius 3 is 3.05 bits per heavy atom. The van der Waals surface area contributed by atoms with E-state index in [2.05, 4.69) is 35.1 Å². The van der Waals surface area contributed by atoms with Crippen LogP contribution in [0.3, 0.4) is 0 Å². The van der Waals surface area contributed by atoms with Crippen LogP contribution in [0.5, 0.6) is 5.75 Å². The largest absolute Gasteiger partial charge is 0.490 e. The van der Waals surface area contributed by atoms with Crippen molar-refractivity contribution in [2.45, 2.75) is 39.0 Å². The molecule has 0 unspecified atom stereocenters. The number of aromatic amines is 1. The van der Waals surface area contributed by atoms with Gasteiger partial charge in [0.2, 0.25) is 0 Å². The molecular weight excluding hydrogens is 238 g/mol. The summed E-state index contributed by atoms with van der Waals surface area (Å²) in [4.78, 5) is 2.31. The first-order valence-electron chi connectivity index (χ1n) is 7.35. The standard InChI is InChI=1S/C15H25N3O/c1-3-4-5-6-10-19-14-11-16-17-15(14)13-8-7-9-18(2)12-13/h8,11H,3-7,9-10,12H2,1-2H3,(H,16,17). The lowest BCUT2D eigenvalue weighted by atomic mass is 10.1. The monoisotopic (exact) mass is 263 g/mol. The molecule has 0 spiro atoms. The van der Waals surface area contributed by atoms with E-state index < -0.39 is 0 Å². The number of nitrogens with one attached hydrogen (secondary N) is 1. The van der Waals surface area contributed by atoms with Gasteiger partial charge in [-0.15, -0.1) is 0 Å². The number of aromatic nitrogens is 2. The molecule has 0 aliphatic carbocycles. The molecule has 1 N–H and O–H groups in total. The van der Waals surface area contributed by atoms with Crippen LogP contribution >= 0.6 is 0 Å². The summed E-state index contributed by atoms with van der Waals surface area (Å²) >= 11 is 0. The van der Waals surface area contributed by atoms with Crippen LogP contribution < -0.4 is 4.74 Å². The van der Waals surface area contributed by atoms with Crippen LogP contribution in [0.15, 0.2) is 12.3 Å². The van der Waals surface area contributed by atoms with Crippen molar-refractivity contribution in [3.05, 3.63) is 18.0 Å². The summed E-state index contributed by atoms with van der Waals surface area (Å²) in [6, 6.07) is 0. The molecule has 106 valence electrons. The normalized spacial score (nSPS) is 16.4. The molecule has 0 saturated carbocycles. The van der Waals surface area contributed by atoms with Crippen molar-refractivity contribution in [1.82, 2.24) is 15.1 Å². The van der Waals surface area contributed by atoms with Gasteiger partial charge in [-0.05, 0) is 25.5 Å². The fraction of sp³-hybridized carbons (Fsp3) is 0.667. The van der Waals surface area contributed by atoms with Gasteiger partial charge >= 0.3 is 0 Å². The van der Waals surface area contributed by atoms with E-state index in [-0.39, 0.29) is 0 Å². The topological polar surface area (TPSA) is 41.1 Å². The van der Waals surface area contributed by atoms with Crippen molar-refractivity contribution < 1.29 is 4.74 Å². The molecule has 0 bridgehead atoms. The highest BCUT2D eigenvalue weighted by Crippen LogP contribution is 2.26. The summed E-state index contributed by atoms with van der Waals surface area (Å²) in [5.41, 5.74) is 2.26. The average Bonchev–Trinajstić information content (AvgIpc) is 2.87. The highest BCUT2D eigenvalue weighted by atomic mass is 16.5. The van der Waals surface area contributed by atoms with E-state index in [4.69, 9.17) is 4.74 Å². The number of rotatable bonds is 7. The van der Waals surface area contributed by atoms with Crippen molar-refractivity contribution in [2.75, 3.05) is 26.7 Å². The molecule has 0 amide bonds. The molecule has 4 nitrogen and oxygen atoms in total. The molecule has 1 aliphatic heterocycles. The molecular formula is C15H25N3O. The minimum atomic E-state index is 0.787. The summed E-state index contributed by atoms with van der Waals surface area (Å²) < 4.78 is 5.86. The first kappa shape index (κ1) is 14.1. The third-order valence-electron chi connectivity index (χ3n) is 3.51. The highest BCUT2D eigenvalue weighted by molar-refractivity contribution is 5.69. The lowest BCUT2D eigenvalue weighted by Gasteiger charge is -2.22. The summed E-state index contributed by atoms with van der Waals surface area (Å²) in [7, 11) is 2.14. The first-order valence-corrected chi connectivity index (χ1v) is 7.35. The Labute approximate surface area is 115 Å². The van der Waals surface area contributed by atoms with Crippen molar-refractivity contribution in [1.29, 1.82) is 0 Å². The van der Waals surface area contributed by atoms with E-state index in [0.717, 1.165) is 44.0 Å². The highest BCUT2D eigenvalue weighted by Gasteiger charge is 2.16. The Morgan fingerprint density at radius 1 is 1.37 bits per heavy atom. The summed E-state index contributed by atoms with van der Waals surface area (Å²) in [5, 5.41) is 7.27. The molecule has 2 heterocycles. The van der Waals surface area contributed by atoms with Crippen molar-refractivity contribution >= 4 is 5.57 Å². The number of likely N-dealkylation sites (N-methyl/N-ethyl adjacent to an activating group) is 1. The minimum absolute atomic E-state index is 0.787. The maximum Gasteiger partial charge on any atom is 0.164 e. The van der Waals surface area contributed by atoms with E-state index in [1.165, 1.54) is 24.8 Å². The first-order chi connectivity index (χ1) is 9.31. The van der Waals surface area contributed by atoms with Crippen LogP contribution in [0.2, 0.25) is 0 Å². The second kappa shape index (κ2) is 7.34. The molecule has 19 heavy (non-hydrogen) atoms. The molecule has 0 atom stereocenters. The molecule has 1 aromatic heterocycles. The number of hydrogen-bond acceptors (Lipinski definition) is 3. The third kappa shape index (κ3) is 4.10. The molecule has 1 aromatic rings. The van der Waals surface area contributed by atoms with Gasteiger partial charge in [0, 0.05) is 13.1 Å². The van der Waals surface area contributed by atoms with E-state index in [9.17, 15) is 0 Å².